The Labute approximate surface area is 143 Å². The standard InChI is InChI=1S/C12H18.C10H15N/c1-9(2)11-7-5-6-8-12(11)10(3)4;1-4-9-5-6-11-7-10(9)8(2)3/h5-10H,1-4H3;5-8H,4H2,1-3H3. The summed E-state index contributed by atoms with van der Waals surface area (Å²) in [6.07, 6.45) is 4.95. The molecule has 0 unspecified atom stereocenters. The Hall–Kier alpha value is -1.63. The number of hydrogen-bond acceptors (Lipinski definition) is 1. The topological polar surface area (TPSA) is 12.9 Å². The second-order valence-corrected chi connectivity index (χ2v) is 7.02. The number of pyridine rings is 1. The molecule has 1 heterocycles. The molecule has 0 saturated heterocycles. The average Bonchev–Trinajstić information content (AvgIpc) is 2.55. The summed E-state index contributed by atoms with van der Waals surface area (Å²) in [5.41, 5.74) is 5.80. The molecule has 0 saturated carbocycles. The van der Waals surface area contributed by atoms with Crippen LogP contribution in [0.4, 0.5) is 0 Å². The molecule has 1 aromatic heterocycles. The Balaban J connectivity index is 0.000000231. The van der Waals surface area contributed by atoms with E-state index in [-0.39, 0.29) is 0 Å². The number of aromatic nitrogens is 1. The van der Waals surface area contributed by atoms with E-state index < -0.39 is 0 Å². The van der Waals surface area contributed by atoms with Gasteiger partial charge < -0.3 is 0 Å². The zero-order valence-corrected chi connectivity index (χ0v) is 15.9. The molecule has 0 aliphatic rings. The monoisotopic (exact) mass is 311 g/mol. The second kappa shape index (κ2) is 9.50. The SMILES string of the molecule is CC(C)c1ccccc1C(C)C.CCc1ccncc1C(C)C. The molecule has 0 atom stereocenters. The van der Waals surface area contributed by atoms with Crippen molar-refractivity contribution in [1.82, 2.24) is 4.98 Å². The molecule has 0 N–H and O–H groups in total. The molecule has 1 aromatic carbocycles. The quantitative estimate of drug-likeness (QED) is 0.612. The molecule has 2 rings (SSSR count). The van der Waals surface area contributed by atoms with Crippen LogP contribution in [0.3, 0.4) is 0 Å². The molecular weight excluding hydrogens is 278 g/mol. The molecule has 0 aliphatic heterocycles. The van der Waals surface area contributed by atoms with E-state index in [9.17, 15) is 0 Å². The fraction of sp³-hybridized carbons (Fsp3) is 0.500. The smallest absolute Gasteiger partial charge is 0.0305 e. The number of aryl methyl sites for hydroxylation is 1. The lowest BCUT2D eigenvalue weighted by Crippen LogP contribution is -1.97. The lowest BCUT2D eigenvalue weighted by Gasteiger charge is -2.14. The van der Waals surface area contributed by atoms with Gasteiger partial charge in [0.1, 0.15) is 0 Å². The first kappa shape index (κ1) is 19.4. The maximum absolute atomic E-state index is 4.11. The third-order valence-electron chi connectivity index (χ3n) is 4.19. The van der Waals surface area contributed by atoms with Crippen molar-refractivity contribution in [2.24, 2.45) is 0 Å². The van der Waals surface area contributed by atoms with Gasteiger partial charge in [-0.3, -0.25) is 4.98 Å². The summed E-state index contributed by atoms with van der Waals surface area (Å²) in [6, 6.07) is 10.8. The van der Waals surface area contributed by atoms with Crippen molar-refractivity contribution < 1.29 is 0 Å². The van der Waals surface area contributed by atoms with Gasteiger partial charge in [0.05, 0.1) is 0 Å². The van der Waals surface area contributed by atoms with E-state index >= 15 is 0 Å². The minimum Gasteiger partial charge on any atom is -0.264 e. The molecule has 0 radical (unpaired) electrons. The van der Waals surface area contributed by atoms with Crippen LogP contribution < -0.4 is 0 Å². The van der Waals surface area contributed by atoms with Crippen LogP contribution in [0, 0.1) is 0 Å². The van der Waals surface area contributed by atoms with E-state index in [0.29, 0.717) is 17.8 Å². The highest BCUT2D eigenvalue weighted by Crippen LogP contribution is 2.25. The summed E-state index contributed by atoms with van der Waals surface area (Å²) in [4.78, 5) is 4.11. The van der Waals surface area contributed by atoms with Crippen molar-refractivity contribution in [3.8, 4) is 0 Å². The number of benzene rings is 1. The summed E-state index contributed by atoms with van der Waals surface area (Å²) < 4.78 is 0. The zero-order valence-electron chi connectivity index (χ0n) is 15.9. The zero-order chi connectivity index (χ0) is 17.4. The van der Waals surface area contributed by atoms with Crippen molar-refractivity contribution >= 4 is 0 Å². The fourth-order valence-electron chi connectivity index (χ4n) is 2.84. The normalized spacial score (nSPS) is 10.9. The fourth-order valence-corrected chi connectivity index (χ4v) is 2.84. The molecule has 0 aliphatic carbocycles. The lowest BCUT2D eigenvalue weighted by atomic mass is 9.91. The maximum atomic E-state index is 4.11. The van der Waals surface area contributed by atoms with Gasteiger partial charge in [0.2, 0.25) is 0 Å². The predicted molar refractivity (Wildman–Crippen MR) is 102 cm³/mol. The van der Waals surface area contributed by atoms with Gasteiger partial charge in [0.25, 0.3) is 0 Å². The molecule has 1 nitrogen and oxygen atoms in total. The van der Waals surface area contributed by atoms with Crippen LogP contribution in [0.15, 0.2) is 42.7 Å². The van der Waals surface area contributed by atoms with E-state index in [0.717, 1.165) is 6.42 Å². The largest absolute Gasteiger partial charge is 0.264 e. The van der Waals surface area contributed by atoms with Crippen molar-refractivity contribution in [2.45, 2.75) is 72.6 Å². The van der Waals surface area contributed by atoms with Gasteiger partial charge in [-0.15, -0.1) is 0 Å². The molecular formula is C22H33N. The Morgan fingerprint density at radius 3 is 1.57 bits per heavy atom. The third-order valence-corrected chi connectivity index (χ3v) is 4.19. The van der Waals surface area contributed by atoms with E-state index in [1.165, 1.54) is 22.3 Å². The van der Waals surface area contributed by atoms with Crippen molar-refractivity contribution in [1.29, 1.82) is 0 Å². The number of hydrogen-bond donors (Lipinski definition) is 0. The van der Waals surface area contributed by atoms with Crippen LogP contribution in [0.25, 0.3) is 0 Å². The van der Waals surface area contributed by atoms with Gasteiger partial charge in [0.15, 0.2) is 0 Å². The Kier molecular flexibility index (Phi) is 8.02. The van der Waals surface area contributed by atoms with E-state index in [1.807, 2.05) is 12.4 Å². The summed E-state index contributed by atoms with van der Waals surface area (Å²) >= 11 is 0. The van der Waals surface area contributed by atoms with Gasteiger partial charge in [0, 0.05) is 12.4 Å². The van der Waals surface area contributed by atoms with Crippen molar-refractivity contribution in [3.05, 3.63) is 65.0 Å². The molecule has 23 heavy (non-hydrogen) atoms. The summed E-state index contributed by atoms with van der Waals surface area (Å²) in [6.45, 7) is 15.6. The van der Waals surface area contributed by atoms with Gasteiger partial charge >= 0.3 is 0 Å². The van der Waals surface area contributed by atoms with Gasteiger partial charge in [-0.1, -0.05) is 72.7 Å². The molecule has 126 valence electrons. The Bertz CT molecular complexity index is 555. The highest BCUT2D eigenvalue weighted by Gasteiger charge is 2.07. The first-order chi connectivity index (χ1) is 10.9. The van der Waals surface area contributed by atoms with Crippen LogP contribution in [0.2, 0.25) is 0 Å². The first-order valence-corrected chi connectivity index (χ1v) is 8.90. The van der Waals surface area contributed by atoms with Crippen LogP contribution in [0.5, 0.6) is 0 Å². The minimum atomic E-state index is 0.596. The molecule has 0 bridgehead atoms. The highest BCUT2D eigenvalue weighted by molar-refractivity contribution is 5.31. The third kappa shape index (κ3) is 5.82. The molecule has 1 heteroatoms. The van der Waals surface area contributed by atoms with E-state index in [1.54, 1.807) is 0 Å². The molecule has 2 aromatic rings. The van der Waals surface area contributed by atoms with Crippen LogP contribution >= 0.6 is 0 Å². The molecule has 0 amide bonds. The van der Waals surface area contributed by atoms with Crippen LogP contribution in [0.1, 0.15) is 88.5 Å². The van der Waals surface area contributed by atoms with Crippen LogP contribution in [-0.4, -0.2) is 4.98 Å². The lowest BCUT2D eigenvalue weighted by molar-refractivity contribution is 0.790. The summed E-state index contributed by atoms with van der Waals surface area (Å²) in [5.74, 6) is 1.88. The predicted octanol–water partition coefficient (Wildman–Crippen LogP) is 6.70. The van der Waals surface area contributed by atoms with Gasteiger partial charge in [-0.2, -0.15) is 0 Å². The average molecular weight is 312 g/mol. The number of nitrogens with zero attached hydrogens (tertiary/aromatic N) is 1. The maximum Gasteiger partial charge on any atom is 0.0305 e. The van der Waals surface area contributed by atoms with E-state index in [4.69, 9.17) is 0 Å². The van der Waals surface area contributed by atoms with Crippen molar-refractivity contribution in [2.75, 3.05) is 0 Å². The molecule has 0 fully saturated rings. The Morgan fingerprint density at radius 2 is 1.22 bits per heavy atom. The number of rotatable bonds is 4. The van der Waals surface area contributed by atoms with E-state index in [2.05, 4.69) is 83.8 Å². The summed E-state index contributed by atoms with van der Waals surface area (Å²) in [7, 11) is 0. The minimum absolute atomic E-state index is 0.596. The van der Waals surface area contributed by atoms with Crippen LogP contribution in [-0.2, 0) is 6.42 Å². The van der Waals surface area contributed by atoms with Gasteiger partial charge in [-0.25, -0.2) is 0 Å². The van der Waals surface area contributed by atoms with Gasteiger partial charge in [-0.05, 0) is 52.5 Å². The highest BCUT2D eigenvalue weighted by atomic mass is 14.6. The second-order valence-electron chi connectivity index (χ2n) is 7.02. The summed E-state index contributed by atoms with van der Waals surface area (Å²) in [5, 5.41) is 0. The first-order valence-electron chi connectivity index (χ1n) is 8.90. The van der Waals surface area contributed by atoms with Crippen molar-refractivity contribution in [3.63, 3.8) is 0 Å². The Morgan fingerprint density at radius 1 is 0.739 bits per heavy atom. The molecule has 0 spiro atoms.